The molecule has 2 rings (SSSR count). The lowest BCUT2D eigenvalue weighted by Gasteiger charge is -2.16. The number of rotatable bonds is 8. The number of likely N-dealkylation sites (N-methyl/N-ethyl adjacent to an activating group) is 1. The quantitative estimate of drug-likeness (QED) is 0.717. The second kappa shape index (κ2) is 6.34. The van der Waals surface area contributed by atoms with Gasteiger partial charge in [0.05, 0.1) is 12.0 Å². The first-order chi connectivity index (χ1) is 9.90. The highest BCUT2D eigenvalue weighted by Gasteiger charge is 2.41. The highest BCUT2D eigenvalue weighted by atomic mass is 32.2. The van der Waals surface area contributed by atoms with Crippen molar-refractivity contribution in [3.63, 3.8) is 0 Å². The van der Waals surface area contributed by atoms with Crippen LogP contribution in [0.5, 0.6) is 5.75 Å². The molecule has 0 aromatic heterocycles. The van der Waals surface area contributed by atoms with Crippen LogP contribution in [0.3, 0.4) is 0 Å². The van der Waals surface area contributed by atoms with Crippen LogP contribution in [-0.2, 0) is 16.4 Å². The molecule has 1 aliphatic carbocycles. The summed E-state index contributed by atoms with van der Waals surface area (Å²) in [6, 6.07) is 5.13. The van der Waals surface area contributed by atoms with Crippen molar-refractivity contribution in [1.82, 2.24) is 10.0 Å². The van der Waals surface area contributed by atoms with Gasteiger partial charge in [-0.3, -0.25) is 0 Å². The molecule has 0 amide bonds. The zero-order valence-electron chi connectivity index (χ0n) is 12.9. The maximum atomic E-state index is 12.6. The second-order valence-corrected chi connectivity index (χ2v) is 7.39. The van der Waals surface area contributed by atoms with Crippen molar-refractivity contribution in [2.45, 2.75) is 43.5 Å². The van der Waals surface area contributed by atoms with Gasteiger partial charge >= 0.3 is 0 Å². The Morgan fingerprint density at radius 2 is 2.05 bits per heavy atom. The van der Waals surface area contributed by atoms with Crippen molar-refractivity contribution in [2.24, 2.45) is 0 Å². The summed E-state index contributed by atoms with van der Waals surface area (Å²) in [5.74, 6) is 0.679. The number of methoxy groups -OCH3 is 1. The number of benzene rings is 1. The average Bonchev–Trinajstić information content (AvgIpc) is 3.15. The van der Waals surface area contributed by atoms with Gasteiger partial charge in [0.2, 0.25) is 10.0 Å². The van der Waals surface area contributed by atoms with Gasteiger partial charge in [0.15, 0.2) is 0 Å². The molecule has 0 bridgehead atoms. The van der Waals surface area contributed by atoms with Gasteiger partial charge in [-0.25, -0.2) is 13.1 Å². The van der Waals surface area contributed by atoms with E-state index in [-0.39, 0.29) is 5.54 Å². The summed E-state index contributed by atoms with van der Waals surface area (Å²) < 4.78 is 33.1. The van der Waals surface area contributed by atoms with Crippen molar-refractivity contribution in [3.05, 3.63) is 23.8 Å². The summed E-state index contributed by atoms with van der Waals surface area (Å²) in [5, 5.41) is 3.22. The Morgan fingerprint density at radius 3 is 2.62 bits per heavy atom. The highest BCUT2D eigenvalue weighted by molar-refractivity contribution is 7.89. The molecule has 5 nitrogen and oxygen atoms in total. The summed E-state index contributed by atoms with van der Waals surface area (Å²) in [7, 11) is -1.90. The van der Waals surface area contributed by atoms with Crippen molar-refractivity contribution < 1.29 is 13.2 Å². The molecule has 1 saturated carbocycles. The van der Waals surface area contributed by atoms with Crippen LogP contribution in [0.2, 0.25) is 0 Å². The first-order valence-electron chi connectivity index (χ1n) is 7.32. The van der Waals surface area contributed by atoms with Crippen LogP contribution in [-0.4, -0.2) is 34.2 Å². The fourth-order valence-corrected chi connectivity index (χ4v) is 3.93. The van der Waals surface area contributed by atoms with Crippen LogP contribution in [0.4, 0.5) is 0 Å². The molecule has 0 saturated heterocycles. The van der Waals surface area contributed by atoms with Crippen molar-refractivity contribution in [2.75, 3.05) is 20.2 Å². The molecule has 0 atom stereocenters. The molecule has 21 heavy (non-hydrogen) atoms. The normalized spacial score (nSPS) is 16.7. The Balaban J connectivity index is 2.27. The SMILES string of the molecule is CCNCCc1cc(OC)ccc1S(=O)(=O)NC1(C)CC1. The van der Waals surface area contributed by atoms with E-state index in [1.807, 2.05) is 13.8 Å². The van der Waals surface area contributed by atoms with E-state index in [1.165, 1.54) is 0 Å². The zero-order valence-corrected chi connectivity index (χ0v) is 13.7. The Kier molecular flexibility index (Phi) is 4.91. The van der Waals surface area contributed by atoms with E-state index in [4.69, 9.17) is 4.74 Å². The van der Waals surface area contributed by atoms with E-state index in [0.717, 1.165) is 31.5 Å². The molecule has 1 aromatic carbocycles. The summed E-state index contributed by atoms with van der Waals surface area (Å²) in [4.78, 5) is 0.356. The van der Waals surface area contributed by atoms with Crippen molar-refractivity contribution >= 4 is 10.0 Å². The molecular formula is C15H24N2O3S. The fourth-order valence-electron chi connectivity index (χ4n) is 2.21. The molecule has 0 aliphatic heterocycles. The smallest absolute Gasteiger partial charge is 0.241 e. The van der Waals surface area contributed by atoms with E-state index in [9.17, 15) is 8.42 Å². The largest absolute Gasteiger partial charge is 0.497 e. The Hall–Kier alpha value is -1.11. The van der Waals surface area contributed by atoms with E-state index in [2.05, 4.69) is 10.0 Å². The molecule has 0 heterocycles. The molecule has 1 aliphatic rings. The summed E-state index contributed by atoms with van der Waals surface area (Å²) >= 11 is 0. The first kappa shape index (κ1) is 16.3. The molecule has 2 N–H and O–H groups in total. The number of ether oxygens (including phenoxy) is 1. The van der Waals surface area contributed by atoms with Gasteiger partial charge in [-0.1, -0.05) is 6.92 Å². The lowest BCUT2D eigenvalue weighted by Crippen LogP contribution is -2.35. The Labute approximate surface area is 127 Å². The highest BCUT2D eigenvalue weighted by Crippen LogP contribution is 2.36. The van der Waals surface area contributed by atoms with Gasteiger partial charge in [-0.2, -0.15) is 0 Å². The molecule has 1 aromatic rings. The van der Waals surface area contributed by atoms with Gasteiger partial charge in [0.1, 0.15) is 5.75 Å². The lowest BCUT2D eigenvalue weighted by molar-refractivity contribution is 0.413. The monoisotopic (exact) mass is 312 g/mol. The minimum absolute atomic E-state index is 0.266. The molecule has 0 unspecified atom stereocenters. The van der Waals surface area contributed by atoms with Crippen LogP contribution in [0.25, 0.3) is 0 Å². The molecule has 0 radical (unpaired) electrons. The van der Waals surface area contributed by atoms with E-state index >= 15 is 0 Å². The standard InChI is InChI=1S/C15H24N2O3S/c1-4-16-10-7-12-11-13(20-3)5-6-14(12)21(18,19)17-15(2)8-9-15/h5-6,11,16-17H,4,7-10H2,1-3H3. The Bertz CT molecular complexity index is 595. The van der Waals surface area contributed by atoms with Crippen LogP contribution >= 0.6 is 0 Å². The number of sulfonamides is 1. The third-order valence-corrected chi connectivity index (χ3v) is 5.50. The molecule has 6 heteroatoms. The number of hydrogen-bond donors (Lipinski definition) is 2. The van der Waals surface area contributed by atoms with Gasteiger partial charge < -0.3 is 10.1 Å². The molecule has 118 valence electrons. The minimum atomic E-state index is -3.48. The summed E-state index contributed by atoms with van der Waals surface area (Å²) in [5.41, 5.74) is 0.518. The van der Waals surface area contributed by atoms with E-state index in [0.29, 0.717) is 17.1 Å². The molecule has 0 spiro atoms. The maximum Gasteiger partial charge on any atom is 0.241 e. The maximum absolute atomic E-state index is 12.6. The predicted octanol–water partition coefficient (Wildman–Crippen LogP) is 1.68. The van der Waals surface area contributed by atoms with Gasteiger partial charge in [0, 0.05) is 5.54 Å². The Morgan fingerprint density at radius 1 is 1.33 bits per heavy atom. The van der Waals surface area contributed by atoms with Crippen LogP contribution < -0.4 is 14.8 Å². The van der Waals surface area contributed by atoms with E-state index in [1.54, 1.807) is 25.3 Å². The number of nitrogens with one attached hydrogen (secondary N) is 2. The average molecular weight is 312 g/mol. The predicted molar refractivity (Wildman–Crippen MR) is 83.2 cm³/mol. The van der Waals surface area contributed by atoms with Gasteiger partial charge in [-0.15, -0.1) is 0 Å². The summed E-state index contributed by atoms with van der Waals surface area (Å²) in [6.45, 7) is 5.57. The molecular weight excluding hydrogens is 288 g/mol. The van der Waals surface area contributed by atoms with Crippen LogP contribution in [0.1, 0.15) is 32.3 Å². The fraction of sp³-hybridized carbons (Fsp3) is 0.600. The van der Waals surface area contributed by atoms with Crippen LogP contribution in [0.15, 0.2) is 23.1 Å². The van der Waals surface area contributed by atoms with Crippen LogP contribution in [0, 0.1) is 0 Å². The second-order valence-electron chi connectivity index (χ2n) is 5.74. The number of hydrogen-bond acceptors (Lipinski definition) is 4. The van der Waals surface area contributed by atoms with Crippen molar-refractivity contribution in [3.8, 4) is 5.75 Å². The topological polar surface area (TPSA) is 67.4 Å². The summed E-state index contributed by atoms with van der Waals surface area (Å²) in [6.07, 6.45) is 2.45. The lowest BCUT2D eigenvalue weighted by atomic mass is 10.1. The third-order valence-electron chi connectivity index (χ3n) is 3.76. The zero-order chi connectivity index (χ0) is 15.5. The minimum Gasteiger partial charge on any atom is -0.497 e. The first-order valence-corrected chi connectivity index (χ1v) is 8.80. The van der Waals surface area contributed by atoms with E-state index < -0.39 is 10.0 Å². The third kappa shape index (κ3) is 4.18. The van der Waals surface area contributed by atoms with Crippen molar-refractivity contribution in [1.29, 1.82) is 0 Å². The van der Waals surface area contributed by atoms with Gasteiger partial charge in [-0.05, 0) is 63.0 Å². The van der Waals surface area contributed by atoms with Gasteiger partial charge in [0.25, 0.3) is 0 Å². The molecule has 1 fully saturated rings.